The first-order chi connectivity index (χ1) is 9.61. The maximum atomic E-state index is 12.6. The van der Waals surface area contributed by atoms with Gasteiger partial charge in [-0.2, -0.15) is 0 Å². The molecule has 0 spiro atoms. The molecule has 0 saturated heterocycles. The van der Waals surface area contributed by atoms with Gasteiger partial charge in [-0.25, -0.2) is 4.98 Å². The van der Waals surface area contributed by atoms with Crippen LogP contribution in [0.5, 0.6) is 0 Å². The average molecular weight is 296 g/mol. The van der Waals surface area contributed by atoms with Crippen molar-refractivity contribution in [3.63, 3.8) is 0 Å². The lowest BCUT2D eigenvalue weighted by molar-refractivity contribution is 0.0620. The Morgan fingerprint density at radius 1 is 1.40 bits per heavy atom. The molecular formula is C15H22ClN3O. The summed E-state index contributed by atoms with van der Waals surface area (Å²) < 4.78 is 0. The molecule has 1 amide bonds. The summed E-state index contributed by atoms with van der Waals surface area (Å²) in [6, 6.07) is 3.99. The van der Waals surface area contributed by atoms with Crippen molar-refractivity contribution in [3.05, 3.63) is 29.0 Å². The van der Waals surface area contributed by atoms with Crippen LogP contribution in [0.2, 0.25) is 5.02 Å². The van der Waals surface area contributed by atoms with Crippen molar-refractivity contribution in [2.24, 2.45) is 5.73 Å². The average Bonchev–Trinajstić information content (AvgIpc) is 2.46. The third kappa shape index (κ3) is 3.70. The summed E-state index contributed by atoms with van der Waals surface area (Å²) >= 11 is 5.82. The van der Waals surface area contributed by atoms with Gasteiger partial charge in [0, 0.05) is 24.8 Å². The van der Waals surface area contributed by atoms with Crippen LogP contribution in [0.3, 0.4) is 0 Å². The number of halogens is 1. The molecule has 1 aromatic rings. The summed E-state index contributed by atoms with van der Waals surface area (Å²) in [5.74, 6) is 0.00369. The Bertz CT molecular complexity index is 441. The quantitative estimate of drug-likeness (QED) is 0.929. The maximum absolute atomic E-state index is 12.6. The van der Waals surface area contributed by atoms with Crippen molar-refractivity contribution in [2.45, 2.75) is 51.1 Å². The lowest BCUT2D eigenvalue weighted by Gasteiger charge is -2.35. The predicted octanol–water partition coefficient (Wildman–Crippen LogP) is 2.86. The van der Waals surface area contributed by atoms with Crippen LogP contribution in [-0.2, 0) is 0 Å². The van der Waals surface area contributed by atoms with Gasteiger partial charge in [0.25, 0.3) is 5.91 Å². The van der Waals surface area contributed by atoms with Gasteiger partial charge in [0.1, 0.15) is 5.69 Å². The molecule has 1 saturated carbocycles. The molecule has 0 unspecified atom stereocenters. The summed E-state index contributed by atoms with van der Waals surface area (Å²) in [5.41, 5.74) is 6.41. The van der Waals surface area contributed by atoms with Crippen LogP contribution >= 0.6 is 11.6 Å². The number of nitrogens with two attached hydrogens (primary N) is 1. The molecule has 1 aliphatic rings. The normalized spacial score (nSPS) is 22.6. The van der Waals surface area contributed by atoms with Gasteiger partial charge in [0.15, 0.2) is 0 Å². The molecule has 2 rings (SSSR count). The van der Waals surface area contributed by atoms with Crippen LogP contribution < -0.4 is 5.73 Å². The number of hydrogen-bond donors (Lipinski definition) is 1. The second-order valence-electron chi connectivity index (χ2n) is 5.43. The molecule has 20 heavy (non-hydrogen) atoms. The van der Waals surface area contributed by atoms with E-state index in [9.17, 15) is 4.79 Å². The molecule has 1 fully saturated rings. The van der Waals surface area contributed by atoms with Gasteiger partial charge < -0.3 is 10.6 Å². The Morgan fingerprint density at radius 3 is 2.65 bits per heavy atom. The minimum atomic E-state index is 0.00369. The van der Waals surface area contributed by atoms with E-state index >= 15 is 0 Å². The molecule has 2 N–H and O–H groups in total. The highest BCUT2D eigenvalue weighted by molar-refractivity contribution is 6.30. The molecule has 1 heterocycles. The largest absolute Gasteiger partial charge is 0.334 e. The van der Waals surface area contributed by atoms with Crippen LogP contribution in [0.25, 0.3) is 0 Å². The van der Waals surface area contributed by atoms with Crippen molar-refractivity contribution < 1.29 is 4.79 Å². The Hall–Kier alpha value is -1.13. The van der Waals surface area contributed by atoms with E-state index < -0.39 is 0 Å². The van der Waals surface area contributed by atoms with E-state index in [2.05, 4.69) is 11.9 Å². The van der Waals surface area contributed by atoms with Gasteiger partial charge >= 0.3 is 0 Å². The van der Waals surface area contributed by atoms with Crippen molar-refractivity contribution in [2.75, 3.05) is 6.54 Å². The third-order valence-electron chi connectivity index (χ3n) is 3.85. The molecule has 110 valence electrons. The van der Waals surface area contributed by atoms with Crippen molar-refractivity contribution in [1.82, 2.24) is 9.88 Å². The fourth-order valence-corrected chi connectivity index (χ4v) is 2.87. The van der Waals surface area contributed by atoms with Crippen molar-refractivity contribution >= 4 is 17.5 Å². The number of hydrogen-bond acceptors (Lipinski definition) is 3. The second-order valence-corrected chi connectivity index (χ2v) is 5.87. The number of carbonyl (C=O) groups is 1. The van der Waals surface area contributed by atoms with E-state index in [0.29, 0.717) is 22.8 Å². The highest BCUT2D eigenvalue weighted by Gasteiger charge is 2.28. The molecule has 0 aromatic carbocycles. The zero-order chi connectivity index (χ0) is 14.5. The summed E-state index contributed by atoms with van der Waals surface area (Å²) in [5, 5.41) is 0.548. The monoisotopic (exact) mass is 295 g/mol. The molecule has 0 radical (unpaired) electrons. The summed E-state index contributed by atoms with van der Waals surface area (Å²) in [6.45, 7) is 2.85. The van der Waals surface area contributed by atoms with E-state index in [-0.39, 0.29) is 5.91 Å². The van der Waals surface area contributed by atoms with E-state index in [0.717, 1.165) is 38.6 Å². The molecule has 5 heteroatoms. The number of nitrogens with zero attached hydrogens (tertiary/aromatic N) is 2. The van der Waals surface area contributed by atoms with E-state index in [1.165, 1.54) is 6.20 Å². The Kier molecular flexibility index (Phi) is 5.38. The van der Waals surface area contributed by atoms with Crippen LogP contribution in [0, 0.1) is 0 Å². The molecular weight excluding hydrogens is 274 g/mol. The maximum Gasteiger partial charge on any atom is 0.272 e. The van der Waals surface area contributed by atoms with Crippen molar-refractivity contribution in [3.8, 4) is 0 Å². The number of aromatic nitrogens is 1. The molecule has 0 atom stereocenters. The van der Waals surface area contributed by atoms with Crippen LogP contribution in [0.1, 0.15) is 49.5 Å². The highest BCUT2D eigenvalue weighted by Crippen LogP contribution is 2.23. The van der Waals surface area contributed by atoms with Crippen LogP contribution in [-0.4, -0.2) is 34.4 Å². The molecule has 0 bridgehead atoms. The molecule has 1 aromatic heterocycles. The predicted molar refractivity (Wildman–Crippen MR) is 80.8 cm³/mol. The topological polar surface area (TPSA) is 59.2 Å². The Morgan fingerprint density at radius 2 is 2.10 bits per heavy atom. The van der Waals surface area contributed by atoms with Gasteiger partial charge in [-0.3, -0.25) is 4.79 Å². The third-order valence-corrected chi connectivity index (χ3v) is 4.08. The summed E-state index contributed by atoms with van der Waals surface area (Å²) in [6.07, 6.45) is 6.43. The van der Waals surface area contributed by atoms with Gasteiger partial charge in [0.2, 0.25) is 0 Å². The number of amides is 1. The van der Waals surface area contributed by atoms with E-state index in [4.69, 9.17) is 17.3 Å². The summed E-state index contributed by atoms with van der Waals surface area (Å²) in [4.78, 5) is 18.7. The Balaban J connectivity index is 2.11. The first-order valence-corrected chi connectivity index (χ1v) is 7.67. The first-order valence-electron chi connectivity index (χ1n) is 7.30. The van der Waals surface area contributed by atoms with Crippen LogP contribution in [0.15, 0.2) is 18.3 Å². The molecule has 0 aliphatic heterocycles. The fraction of sp³-hybridized carbons (Fsp3) is 0.600. The summed E-state index contributed by atoms with van der Waals surface area (Å²) in [7, 11) is 0. The zero-order valence-corrected chi connectivity index (χ0v) is 12.6. The number of pyridine rings is 1. The fourth-order valence-electron chi connectivity index (χ4n) is 2.75. The molecule has 1 aliphatic carbocycles. The van der Waals surface area contributed by atoms with Crippen LogP contribution in [0.4, 0.5) is 0 Å². The number of carbonyl (C=O) groups excluding carboxylic acids is 1. The minimum absolute atomic E-state index is 0.00369. The number of rotatable bonds is 4. The standard InChI is InChI=1S/C15H22ClN3O/c1-2-9-19(13-6-4-12(17)5-7-13)15(20)14-8-3-11(16)10-18-14/h3,8,10,12-13H,2,4-7,9,17H2,1H3. The van der Waals surface area contributed by atoms with Gasteiger partial charge in [-0.15, -0.1) is 0 Å². The van der Waals surface area contributed by atoms with E-state index in [1.54, 1.807) is 12.1 Å². The minimum Gasteiger partial charge on any atom is -0.334 e. The van der Waals surface area contributed by atoms with E-state index in [1.807, 2.05) is 4.90 Å². The second kappa shape index (κ2) is 7.04. The lowest BCUT2D eigenvalue weighted by Crippen LogP contribution is -2.44. The first kappa shape index (κ1) is 15.3. The lowest BCUT2D eigenvalue weighted by atomic mass is 9.90. The SMILES string of the molecule is CCCN(C(=O)c1ccc(Cl)cn1)C1CCC(N)CC1. The highest BCUT2D eigenvalue weighted by atomic mass is 35.5. The van der Waals surface area contributed by atoms with Gasteiger partial charge in [-0.05, 0) is 44.2 Å². The Labute approximate surface area is 125 Å². The zero-order valence-electron chi connectivity index (χ0n) is 11.9. The van der Waals surface area contributed by atoms with Gasteiger partial charge in [0.05, 0.1) is 5.02 Å². The molecule has 4 nitrogen and oxygen atoms in total. The smallest absolute Gasteiger partial charge is 0.272 e. The van der Waals surface area contributed by atoms with Crippen molar-refractivity contribution in [1.29, 1.82) is 0 Å². The van der Waals surface area contributed by atoms with Gasteiger partial charge in [-0.1, -0.05) is 18.5 Å².